The van der Waals surface area contributed by atoms with E-state index in [2.05, 4.69) is 79.4 Å². The average molecular weight is 574 g/mol. The van der Waals surface area contributed by atoms with Gasteiger partial charge in [-0.25, -0.2) is 0 Å². The molecule has 2 fully saturated rings. The summed E-state index contributed by atoms with van der Waals surface area (Å²) in [4.78, 5) is 28.7. The van der Waals surface area contributed by atoms with Crippen LogP contribution in [0.3, 0.4) is 0 Å². The Hall–Kier alpha value is -3.16. The molecule has 0 spiro atoms. The summed E-state index contributed by atoms with van der Waals surface area (Å²) in [6.45, 7) is 2.86. The van der Waals surface area contributed by atoms with Gasteiger partial charge < -0.3 is 19.4 Å². The van der Waals surface area contributed by atoms with Crippen molar-refractivity contribution in [3.8, 4) is 0 Å². The summed E-state index contributed by atoms with van der Waals surface area (Å²) < 4.78 is 4.93. The van der Waals surface area contributed by atoms with E-state index >= 15 is 0 Å². The van der Waals surface area contributed by atoms with Crippen molar-refractivity contribution in [2.45, 2.75) is 44.3 Å². The third-order valence-corrected chi connectivity index (χ3v) is 8.76. The van der Waals surface area contributed by atoms with E-state index in [1.807, 2.05) is 18.3 Å². The van der Waals surface area contributed by atoms with Crippen molar-refractivity contribution >= 4 is 32.7 Å². The first-order chi connectivity index (χ1) is 18.5. The van der Waals surface area contributed by atoms with Gasteiger partial charge in [-0.05, 0) is 66.6 Å². The Bertz CT molecular complexity index is 1520. The van der Waals surface area contributed by atoms with E-state index in [1.54, 1.807) is 17.7 Å². The van der Waals surface area contributed by atoms with Crippen LogP contribution < -0.4 is 10.9 Å². The molecule has 6 rings (SSSR count). The number of amides is 1. The third-order valence-electron chi connectivity index (χ3n) is 8.10. The number of hydrogen-bond donors (Lipinski definition) is 1. The van der Waals surface area contributed by atoms with E-state index in [1.165, 1.54) is 16.5 Å². The summed E-state index contributed by atoms with van der Waals surface area (Å²) >= 11 is 3.80. The Labute approximate surface area is 231 Å². The maximum absolute atomic E-state index is 14.2. The van der Waals surface area contributed by atoms with Gasteiger partial charge in [0.25, 0.3) is 5.56 Å². The molecular formula is C31H33BrN4O2. The number of pyridine rings is 1. The van der Waals surface area contributed by atoms with Crippen LogP contribution in [0.5, 0.6) is 0 Å². The van der Waals surface area contributed by atoms with Gasteiger partial charge in [0.05, 0.1) is 5.92 Å². The second kappa shape index (κ2) is 10.5. The highest BCUT2D eigenvalue weighted by atomic mass is 79.9. The molecule has 1 saturated heterocycles. The molecule has 7 heteroatoms. The van der Waals surface area contributed by atoms with E-state index in [9.17, 15) is 9.59 Å². The zero-order valence-electron chi connectivity index (χ0n) is 21.6. The second-order valence-electron chi connectivity index (χ2n) is 10.7. The summed E-state index contributed by atoms with van der Waals surface area (Å²) in [5.41, 5.74) is 4.53. The maximum Gasteiger partial charge on any atom is 0.250 e. The van der Waals surface area contributed by atoms with Crippen LogP contribution in [-0.4, -0.2) is 39.1 Å². The van der Waals surface area contributed by atoms with Gasteiger partial charge in [-0.15, -0.1) is 0 Å². The van der Waals surface area contributed by atoms with Crippen LogP contribution in [0.1, 0.15) is 41.9 Å². The van der Waals surface area contributed by atoms with Crippen molar-refractivity contribution in [3.63, 3.8) is 0 Å². The molecule has 6 nitrogen and oxygen atoms in total. The quantitative estimate of drug-likeness (QED) is 0.337. The van der Waals surface area contributed by atoms with Crippen molar-refractivity contribution in [1.29, 1.82) is 0 Å². The zero-order chi connectivity index (χ0) is 26.2. The summed E-state index contributed by atoms with van der Waals surface area (Å²) in [6.07, 6.45) is 6.99. The molecule has 0 radical (unpaired) electrons. The normalized spacial score (nSPS) is 19.5. The van der Waals surface area contributed by atoms with Crippen molar-refractivity contribution in [1.82, 2.24) is 19.4 Å². The van der Waals surface area contributed by atoms with Crippen molar-refractivity contribution in [2.24, 2.45) is 13.0 Å². The molecule has 2 aliphatic rings. The van der Waals surface area contributed by atoms with Crippen LogP contribution in [0.2, 0.25) is 0 Å². The molecule has 2 aromatic carbocycles. The highest BCUT2D eigenvalue weighted by Gasteiger charge is 2.40. The predicted octanol–water partition coefficient (Wildman–Crippen LogP) is 5.04. The van der Waals surface area contributed by atoms with Gasteiger partial charge in [-0.3, -0.25) is 9.59 Å². The lowest BCUT2D eigenvalue weighted by Gasteiger charge is -2.35. The fourth-order valence-corrected chi connectivity index (χ4v) is 6.51. The van der Waals surface area contributed by atoms with Gasteiger partial charge in [0, 0.05) is 66.6 Å². The summed E-state index contributed by atoms with van der Waals surface area (Å²) in [5, 5.41) is 4.62. The van der Waals surface area contributed by atoms with Gasteiger partial charge in [0.15, 0.2) is 0 Å². The molecular weight excluding hydrogens is 540 g/mol. The number of nitrogens with zero attached hydrogens (tertiary/aromatic N) is 3. The average Bonchev–Trinajstić information content (AvgIpc) is 3.72. The van der Waals surface area contributed by atoms with Crippen molar-refractivity contribution in [2.75, 3.05) is 13.1 Å². The van der Waals surface area contributed by atoms with E-state index < -0.39 is 0 Å². The number of carbonyl (C=O) groups is 1. The number of carbonyl (C=O) groups excluding carboxylic acids is 1. The molecule has 1 aliphatic carbocycles. The molecule has 38 heavy (non-hydrogen) atoms. The SMILES string of the molecule is Cn1ccc([C@@H]2CCNC[C@H]2C(=O)N(Cc2cn(Cc3ccccc3)c3cccc(Br)c23)C2CC2)cc1=O. The highest BCUT2D eigenvalue weighted by Crippen LogP contribution is 2.38. The summed E-state index contributed by atoms with van der Waals surface area (Å²) in [6, 6.07) is 20.8. The minimum atomic E-state index is -0.183. The van der Waals surface area contributed by atoms with E-state index in [4.69, 9.17) is 0 Å². The van der Waals surface area contributed by atoms with Crippen LogP contribution in [0.4, 0.5) is 0 Å². The van der Waals surface area contributed by atoms with Crippen LogP contribution >= 0.6 is 15.9 Å². The largest absolute Gasteiger partial charge is 0.343 e. The maximum atomic E-state index is 14.2. The molecule has 1 saturated carbocycles. The van der Waals surface area contributed by atoms with Crippen LogP contribution in [-0.2, 0) is 24.9 Å². The smallest absolute Gasteiger partial charge is 0.250 e. The fraction of sp³-hybridized carbons (Fsp3) is 0.355. The monoisotopic (exact) mass is 572 g/mol. The Kier molecular flexibility index (Phi) is 6.97. The lowest BCUT2D eigenvalue weighted by molar-refractivity contribution is -0.138. The van der Waals surface area contributed by atoms with Crippen LogP contribution in [0, 0.1) is 5.92 Å². The van der Waals surface area contributed by atoms with Gasteiger partial charge in [-0.2, -0.15) is 0 Å². The van der Waals surface area contributed by atoms with Gasteiger partial charge in [-0.1, -0.05) is 52.3 Å². The van der Waals surface area contributed by atoms with Gasteiger partial charge >= 0.3 is 0 Å². The number of rotatable bonds is 7. The number of aryl methyl sites for hydroxylation is 1. The molecule has 0 unspecified atom stereocenters. The number of halogens is 1. The first kappa shape index (κ1) is 25.1. The van der Waals surface area contributed by atoms with Crippen molar-refractivity contribution < 1.29 is 4.79 Å². The number of piperidine rings is 1. The Morgan fingerprint density at radius 1 is 1.08 bits per heavy atom. The number of nitrogens with one attached hydrogen (secondary N) is 1. The Morgan fingerprint density at radius 3 is 2.66 bits per heavy atom. The second-order valence-corrected chi connectivity index (χ2v) is 11.6. The van der Waals surface area contributed by atoms with E-state index in [0.717, 1.165) is 48.0 Å². The zero-order valence-corrected chi connectivity index (χ0v) is 23.2. The molecule has 3 heterocycles. The number of hydrogen-bond acceptors (Lipinski definition) is 3. The minimum Gasteiger partial charge on any atom is -0.343 e. The lowest BCUT2D eigenvalue weighted by atomic mass is 9.80. The molecule has 1 aliphatic heterocycles. The third kappa shape index (κ3) is 4.97. The molecule has 2 atom stereocenters. The fourth-order valence-electron chi connectivity index (χ4n) is 5.90. The molecule has 1 amide bonds. The molecule has 2 aromatic heterocycles. The topological polar surface area (TPSA) is 59.3 Å². The van der Waals surface area contributed by atoms with Gasteiger partial charge in [0.1, 0.15) is 0 Å². The van der Waals surface area contributed by atoms with E-state index in [0.29, 0.717) is 13.1 Å². The molecule has 0 bridgehead atoms. The summed E-state index contributed by atoms with van der Waals surface area (Å²) in [7, 11) is 1.76. The standard InChI is InChI=1S/C31H33BrN4O2/c1-34-15-13-22(16-29(34)37)25-12-14-33-17-26(25)31(38)36(24-10-11-24)20-23-19-35(18-21-6-3-2-4-7-21)28-9-5-8-27(32)30(23)28/h2-9,13,15-16,19,24-26,33H,10-12,14,17-18,20H2,1H3/t25-,26+/m0/s1. The minimum absolute atomic E-state index is 0.0256. The highest BCUT2D eigenvalue weighted by molar-refractivity contribution is 9.10. The lowest BCUT2D eigenvalue weighted by Crippen LogP contribution is -2.47. The number of benzene rings is 2. The van der Waals surface area contributed by atoms with E-state index in [-0.39, 0.29) is 29.3 Å². The molecule has 4 aromatic rings. The van der Waals surface area contributed by atoms with Crippen LogP contribution in [0.15, 0.2) is 82.3 Å². The van der Waals surface area contributed by atoms with Gasteiger partial charge in [0.2, 0.25) is 5.91 Å². The van der Waals surface area contributed by atoms with Crippen molar-refractivity contribution in [3.05, 3.63) is 105 Å². The Balaban J connectivity index is 1.33. The summed E-state index contributed by atoms with van der Waals surface area (Å²) in [5.74, 6) is 0.0593. The first-order valence-corrected chi connectivity index (χ1v) is 14.3. The Morgan fingerprint density at radius 2 is 1.89 bits per heavy atom. The molecule has 1 N–H and O–H groups in total. The number of aromatic nitrogens is 2. The molecule has 196 valence electrons. The van der Waals surface area contributed by atoms with Crippen LogP contribution in [0.25, 0.3) is 10.9 Å². The first-order valence-electron chi connectivity index (χ1n) is 13.5. The predicted molar refractivity (Wildman–Crippen MR) is 154 cm³/mol. The number of fused-ring (bicyclic) bond motifs is 1.